The molecule has 0 spiro atoms. The van der Waals surface area contributed by atoms with Gasteiger partial charge in [-0.05, 0) is 80.7 Å². The van der Waals surface area contributed by atoms with E-state index in [1.54, 1.807) is 14.2 Å². The Hall–Kier alpha value is -2.16. The SMILES string of the molecule is COC(=O)CCC1CCC(N(CC(OC)OC)C(=O)Nc2ccc3c(c2)C(C)CN(C)CC3)CC1. The summed E-state index contributed by atoms with van der Waals surface area (Å²) in [5.41, 5.74) is 3.51. The molecule has 1 heterocycles. The van der Waals surface area contributed by atoms with Crippen LogP contribution in [0.15, 0.2) is 18.2 Å². The van der Waals surface area contributed by atoms with Crippen LogP contribution < -0.4 is 5.32 Å². The van der Waals surface area contributed by atoms with E-state index < -0.39 is 6.29 Å². The molecular formula is C27H43N3O5. The number of hydrogen-bond acceptors (Lipinski definition) is 6. The molecular weight excluding hydrogens is 446 g/mol. The van der Waals surface area contributed by atoms with Crippen molar-refractivity contribution in [3.63, 3.8) is 0 Å². The molecule has 0 aromatic heterocycles. The molecule has 3 rings (SSSR count). The fourth-order valence-corrected chi connectivity index (χ4v) is 5.50. The lowest BCUT2D eigenvalue weighted by Gasteiger charge is -2.38. The third-order valence-corrected chi connectivity index (χ3v) is 7.65. The molecule has 1 aromatic carbocycles. The van der Waals surface area contributed by atoms with Gasteiger partial charge in [0.15, 0.2) is 6.29 Å². The number of esters is 1. The first-order valence-electron chi connectivity index (χ1n) is 12.9. The van der Waals surface area contributed by atoms with Gasteiger partial charge in [0, 0.05) is 45.5 Å². The third kappa shape index (κ3) is 7.66. The third-order valence-electron chi connectivity index (χ3n) is 7.65. The van der Waals surface area contributed by atoms with Crippen molar-refractivity contribution in [1.29, 1.82) is 0 Å². The first-order valence-corrected chi connectivity index (χ1v) is 12.9. The minimum atomic E-state index is -0.486. The number of nitrogens with zero attached hydrogens (tertiary/aromatic N) is 2. The fourth-order valence-electron chi connectivity index (χ4n) is 5.50. The number of carbonyl (C=O) groups excluding carboxylic acids is 2. The van der Waals surface area contributed by atoms with E-state index in [9.17, 15) is 9.59 Å². The van der Waals surface area contributed by atoms with Gasteiger partial charge in [-0.2, -0.15) is 0 Å². The average Bonchev–Trinajstić information content (AvgIpc) is 3.01. The first-order chi connectivity index (χ1) is 16.8. The van der Waals surface area contributed by atoms with E-state index >= 15 is 0 Å². The molecule has 1 fully saturated rings. The molecule has 1 saturated carbocycles. The van der Waals surface area contributed by atoms with Crippen LogP contribution in [0.4, 0.5) is 10.5 Å². The summed E-state index contributed by atoms with van der Waals surface area (Å²) in [6.07, 6.45) is 5.60. The number of amides is 2. The molecule has 1 aliphatic heterocycles. The smallest absolute Gasteiger partial charge is 0.322 e. The number of likely N-dealkylation sites (N-methyl/N-ethyl adjacent to an activating group) is 1. The monoisotopic (exact) mass is 489 g/mol. The van der Waals surface area contributed by atoms with Crippen LogP contribution in [0.25, 0.3) is 0 Å². The molecule has 0 bridgehead atoms. The van der Waals surface area contributed by atoms with E-state index in [1.807, 2.05) is 11.0 Å². The predicted octanol–water partition coefficient (Wildman–Crippen LogP) is 4.24. The van der Waals surface area contributed by atoms with Crippen molar-refractivity contribution in [1.82, 2.24) is 9.80 Å². The summed E-state index contributed by atoms with van der Waals surface area (Å²) in [7, 11) is 6.79. The maximum absolute atomic E-state index is 13.5. The van der Waals surface area contributed by atoms with E-state index in [0.29, 0.717) is 24.8 Å². The molecule has 1 atom stereocenters. The molecule has 2 amide bonds. The van der Waals surface area contributed by atoms with E-state index in [0.717, 1.165) is 57.3 Å². The van der Waals surface area contributed by atoms with Crippen molar-refractivity contribution in [2.24, 2.45) is 5.92 Å². The predicted molar refractivity (Wildman–Crippen MR) is 137 cm³/mol. The van der Waals surface area contributed by atoms with Crippen LogP contribution in [-0.4, -0.2) is 82.1 Å². The van der Waals surface area contributed by atoms with Crippen molar-refractivity contribution in [2.75, 3.05) is 53.3 Å². The summed E-state index contributed by atoms with van der Waals surface area (Å²) in [6.45, 7) is 4.68. The summed E-state index contributed by atoms with van der Waals surface area (Å²) in [4.78, 5) is 29.3. The average molecular weight is 490 g/mol. The van der Waals surface area contributed by atoms with E-state index in [-0.39, 0.29) is 18.0 Å². The quantitative estimate of drug-likeness (QED) is 0.413. The Kier molecular flexibility index (Phi) is 10.4. The zero-order valence-corrected chi connectivity index (χ0v) is 22.0. The molecule has 2 aliphatic rings. The number of methoxy groups -OCH3 is 3. The van der Waals surface area contributed by atoms with Gasteiger partial charge in [0.25, 0.3) is 0 Å². The van der Waals surface area contributed by atoms with Gasteiger partial charge in [0.2, 0.25) is 0 Å². The second kappa shape index (κ2) is 13.2. The summed E-state index contributed by atoms with van der Waals surface area (Å²) in [6, 6.07) is 6.29. The van der Waals surface area contributed by atoms with Crippen LogP contribution >= 0.6 is 0 Å². The lowest BCUT2D eigenvalue weighted by atomic mass is 9.83. The molecule has 8 heteroatoms. The van der Waals surface area contributed by atoms with Crippen LogP contribution in [0, 0.1) is 5.92 Å². The van der Waals surface area contributed by atoms with Gasteiger partial charge in [-0.25, -0.2) is 4.79 Å². The van der Waals surface area contributed by atoms with Crippen molar-refractivity contribution < 1.29 is 23.8 Å². The molecule has 196 valence electrons. The van der Waals surface area contributed by atoms with Crippen LogP contribution in [0.3, 0.4) is 0 Å². The minimum absolute atomic E-state index is 0.102. The van der Waals surface area contributed by atoms with Crippen LogP contribution in [0.5, 0.6) is 0 Å². The van der Waals surface area contributed by atoms with Gasteiger partial charge in [-0.15, -0.1) is 0 Å². The number of fused-ring (bicyclic) bond motifs is 1. The molecule has 0 radical (unpaired) electrons. The summed E-state index contributed by atoms with van der Waals surface area (Å²) in [5, 5.41) is 3.16. The Morgan fingerprint density at radius 3 is 2.51 bits per heavy atom. The number of carbonyl (C=O) groups is 2. The highest BCUT2D eigenvalue weighted by atomic mass is 16.7. The van der Waals surface area contributed by atoms with Gasteiger partial charge in [0.05, 0.1) is 13.7 Å². The van der Waals surface area contributed by atoms with Crippen molar-refractivity contribution in [3.05, 3.63) is 29.3 Å². The second-order valence-electron chi connectivity index (χ2n) is 10.1. The molecule has 1 aliphatic carbocycles. The number of benzene rings is 1. The Bertz CT molecular complexity index is 836. The second-order valence-corrected chi connectivity index (χ2v) is 10.1. The Balaban J connectivity index is 1.68. The zero-order chi connectivity index (χ0) is 25.4. The summed E-state index contributed by atoms with van der Waals surface area (Å²) in [5.74, 6) is 0.745. The summed E-state index contributed by atoms with van der Waals surface area (Å²) < 4.78 is 15.6. The number of nitrogens with one attached hydrogen (secondary N) is 1. The first kappa shape index (κ1) is 27.4. The molecule has 35 heavy (non-hydrogen) atoms. The largest absolute Gasteiger partial charge is 0.469 e. The van der Waals surface area contributed by atoms with Gasteiger partial charge in [-0.3, -0.25) is 4.79 Å². The molecule has 8 nitrogen and oxygen atoms in total. The number of hydrogen-bond donors (Lipinski definition) is 1. The maximum Gasteiger partial charge on any atom is 0.322 e. The normalized spacial score (nSPS) is 22.9. The van der Waals surface area contributed by atoms with E-state index in [2.05, 4.69) is 36.3 Å². The van der Waals surface area contributed by atoms with Crippen LogP contribution in [-0.2, 0) is 25.4 Å². The number of anilines is 1. The zero-order valence-electron chi connectivity index (χ0n) is 22.0. The highest BCUT2D eigenvalue weighted by Crippen LogP contribution is 2.32. The Labute approximate surface area is 210 Å². The lowest BCUT2D eigenvalue weighted by molar-refractivity contribution is -0.141. The highest BCUT2D eigenvalue weighted by molar-refractivity contribution is 5.89. The molecule has 1 aromatic rings. The topological polar surface area (TPSA) is 80.3 Å². The van der Waals surface area contributed by atoms with Gasteiger partial charge in [0.1, 0.15) is 0 Å². The maximum atomic E-state index is 13.5. The van der Waals surface area contributed by atoms with Gasteiger partial charge < -0.3 is 29.3 Å². The van der Waals surface area contributed by atoms with Gasteiger partial charge in [-0.1, -0.05) is 13.0 Å². The number of ether oxygens (including phenoxy) is 3. The Morgan fingerprint density at radius 2 is 1.86 bits per heavy atom. The highest BCUT2D eigenvalue weighted by Gasteiger charge is 2.31. The van der Waals surface area contributed by atoms with Crippen LogP contribution in [0.1, 0.15) is 62.5 Å². The van der Waals surface area contributed by atoms with E-state index in [1.165, 1.54) is 18.2 Å². The molecule has 1 unspecified atom stereocenters. The molecule has 1 N–H and O–H groups in total. The van der Waals surface area contributed by atoms with E-state index in [4.69, 9.17) is 14.2 Å². The lowest BCUT2D eigenvalue weighted by Crippen LogP contribution is -2.48. The molecule has 0 saturated heterocycles. The number of rotatable bonds is 9. The standard InChI is InChI=1S/C27H43N3O5/c1-19-17-29(2)15-14-21-9-10-22(16-24(19)21)28-27(32)30(18-26(34-4)35-5)23-11-6-20(7-12-23)8-13-25(31)33-3/h9-10,16,19-20,23,26H,6-8,11-15,17-18H2,1-5H3,(H,28,32). The van der Waals surface area contributed by atoms with Crippen LogP contribution in [0.2, 0.25) is 0 Å². The summed E-state index contributed by atoms with van der Waals surface area (Å²) >= 11 is 0. The number of urea groups is 1. The van der Waals surface area contributed by atoms with Crippen molar-refractivity contribution >= 4 is 17.7 Å². The fraction of sp³-hybridized carbons (Fsp3) is 0.704. The van der Waals surface area contributed by atoms with Crippen molar-refractivity contribution in [2.45, 2.75) is 70.1 Å². The minimum Gasteiger partial charge on any atom is -0.469 e. The Morgan fingerprint density at radius 1 is 1.14 bits per heavy atom. The van der Waals surface area contributed by atoms with Gasteiger partial charge >= 0.3 is 12.0 Å². The van der Waals surface area contributed by atoms with Crippen molar-refractivity contribution in [3.8, 4) is 0 Å².